The molecule has 0 saturated heterocycles. The normalized spacial score (nSPS) is 10.9. The molecule has 106 valence electrons. The molecular formula is C15H16BrNO2S. The second-order valence-electron chi connectivity index (χ2n) is 4.64. The van der Waals surface area contributed by atoms with Crippen molar-refractivity contribution in [1.82, 2.24) is 4.90 Å². The number of carbonyl (C=O) groups is 1. The van der Waals surface area contributed by atoms with Gasteiger partial charge in [0.15, 0.2) is 0 Å². The fraction of sp³-hybridized carbons (Fsp3) is 0.267. The molecule has 0 aliphatic rings. The molecule has 0 fully saturated rings. The fourth-order valence-corrected chi connectivity index (χ4v) is 3.58. The van der Waals surface area contributed by atoms with E-state index < -0.39 is 5.97 Å². The maximum atomic E-state index is 11.1. The second-order valence-corrected chi connectivity index (χ2v) is 6.50. The first kappa shape index (κ1) is 15.2. The van der Waals surface area contributed by atoms with Crippen molar-refractivity contribution in [3.05, 3.63) is 56.2 Å². The van der Waals surface area contributed by atoms with Crippen molar-refractivity contribution in [2.75, 3.05) is 13.6 Å². The van der Waals surface area contributed by atoms with Crippen molar-refractivity contribution in [2.24, 2.45) is 0 Å². The van der Waals surface area contributed by atoms with Crippen LogP contribution in [0.15, 0.2) is 40.2 Å². The number of rotatable bonds is 6. The summed E-state index contributed by atoms with van der Waals surface area (Å²) in [5.41, 5.74) is 1.29. The predicted molar refractivity (Wildman–Crippen MR) is 85.5 cm³/mol. The van der Waals surface area contributed by atoms with E-state index in [-0.39, 0.29) is 0 Å². The number of carboxylic acid groups (broad SMARTS) is 1. The summed E-state index contributed by atoms with van der Waals surface area (Å²) in [7, 11) is 2.05. The number of hydrogen-bond donors (Lipinski definition) is 1. The van der Waals surface area contributed by atoms with Crippen LogP contribution >= 0.6 is 27.3 Å². The Labute approximate surface area is 131 Å². The van der Waals surface area contributed by atoms with Crippen LogP contribution in [0.25, 0.3) is 0 Å². The molecule has 3 nitrogen and oxygen atoms in total. The van der Waals surface area contributed by atoms with Gasteiger partial charge in [-0.3, -0.25) is 0 Å². The van der Waals surface area contributed by atoms with E-state index in [9.17, 15) is 4.79 Å². The Hall–Kier alpha value is -1.17. The Balaban J connectivity index is 1.95. The molecule has 0 saturated carbocycles. The molecule has 20 heavy (non-hydrogen) atoms. The van der Waals surface area contributed by atoms with Crippen LogP contribution < -0.4 is 0 Å². The summed E-state index contributed by atoms with van der Waals surface area (Å²) >= 11 is 5.25. The van der Waals surface area contributed by atoms with Crippen molar-refractivity contribution in [2.45, 2.75) is 13.0 Å². The van der Waals surface area contributed by atoms with Gasteiger partial charge in [-0.25, -0.2) is 4.79 Å². The molecule has 5 heteroatoms. The Morgan fingerprint density at radius 2 is 2.10 bits per heavy atom. The molecule has 1 aromatic heterocycles. The highest BCUT2D eigenvalue weighted by Gasteiger charge is 2.10. The lowest BCUT2D eigenvalue weighted by molar-refractivity contribution is 0.0695. The first-order valence-electron chi connectivity index (χ1n) is 6.29. The zero-order chi connectivity index (χ0) is 14.5. The molecule has 2 rings (SSSR count). The summed E-state index contributed by atoms with van der Waals surface area (Å²) in [4.78, 5) is 14.6. The van der Waals surface area contributed by atoms with Gasteiger partial charge in [0.25, 0.3) is 0 Å². The van der Waals surface area contributed by atoms with Gasteiger partial charge in [0, 0.05) is 22.4 Å². The van der Waals surface area contributed by atoms with E-state index in [0.717, 1.165) is 29.5 Å². The Bertz CT molecular complexity index is 597. The topological polar surface area (TPSA) is 40.5 Å². The maximum absolute atomic E-state index is 11.1. The number of halogens is 1. The average Bonchev–Trinajstić information content (AvgIpc) is 2.82. The molecule has 0 amide bonds. The van der Waals surface area contributed by atoms with Crippen LogP contribution in [-0.2, 0) is 13.0 Å². The van der Waals surface area contributed by atoms with Gasteiger partial charge in [0.1, 0.15) is 0 Å². The molecule has 0 atom stereocenters. The van der Waals surface area contributed by atoms with Crippen LogP contribution in [0.4, 0.5) is 0 Å². The number of aromatic carboxylic acids is 1. The van der Waals surface area contributed by atoms with Crippen molar-refractivity contribution >= 4 is 33.2 Å². The van der Waals surface area contributed by atoms with Crippen LogP contribution in [0, 0.1) is 0 Å². The molecule has 1 heterocycles. The molecule has 0 unspecified atom stereocenters. The van der Waals surface area contributed by atoms with Gasteiger partial charge in [-0.15, -0.1) is 11.3 Å². The minimum atomic E-state index is -0.857. The molecule has 0 aliphatic heterocycles. The number of likely N-dealkylation sites (N-methyl/N-ethyl adjacent to an activating group) is 1. The van der Waals surface area contributed by atoms with E-state index >= 15 is 0 Å². The third-order valence-corrected chi connectivity index (χ3v) is 5.03. The minimum absolute atomic E-state index is 0.401. The molecule has 0 radical (unpaired) electrons. The van der Waals surface area contributed by atoms with Gasteiger partial charge in [0.05, 0.1) is 5.56 Å². The van der Waals surface area contributed by atoms with E-state index in [0.29, 0.717) is 5.56 Å². The minimum Gasteiger partial charge on any atom is -0.478 e. The summed E-state index contributed by atoms with van der Waals surface area (Å²) in [5, 5.41) is 11.2. The SMILES string of the molecule is CN(CCc1ccccc1C(=O)O)Cc1sccc1Br. The van der Waals surface area contributed by atoms with Crippen LogP contribution in [-0.4, -0.2) is 29.6 Å². The quantitative estimate of drug-likeness (QED) is 0.856. The van der Waals surface area contributed by atoms with Gasteiger partial charge < -0.3 is 10.0 Å². The maximum Gasteiger partial charge on any atom is 0.335 e. The van der Waals surface area contributed by atoms with Crippen LogP contribution in [0.3, 0.4) is 0 Å². The molecular weight excluding hydrogens is 338 g/mol. The van der Waals surface area contributed by atoms with Gasteiger partial charge in [0.2, 0.25) is 0 Å². The highest BCUT2D eigenvalue weighted by atomic mass is 79.9. The Morgan fingerprint density at radius 3 is 2.75 bits per heavy atom. The number of nitrogens with zero attached hydrogens (tertiary/aromatic N) is 1. The molecule has 0 aliphatic carbocycles. The van der Waals surface area contributed by atoms with E-state index in [2.05, 4.69) is 33.3 Å². The van der Waals surface area contributed by atoms with Crippen molar-refractivity contribution in [1.29, 1.82) is 0 Å². The van der Waals surface area contributed by atoms with Crippen molar-refractivity contribution in [3.8, 4) is 0 Å². The summed E-state index contributed by atoms with van der Waals surface area (Å²) < 4.78 is 1.14. The van der Waals surface area contributed by atoms with Crippen LogP contribution in [0.5, 0.6) is 0 Å². The van der Waals surface area contributed by atoms with Crippen molar-refractivity contribution < 1.29 is 9.90 Å². The third kappa shape index (κ3) is 3.91. The monoisotopic (exact) mass is 353 g/mol. The van der Waals surface area contributed by atoms with Gasteiger partial charge in [-0.2, -0.15) is 0 Å². The first-order valence-corrected chi connectivity index (χ1v) is 7.97. The number of benzene rings is 1. The molecule has 1 N–H and O–H groups in total. The highest BCUT2D eigenvalue weighted by Crippen LogP contribution is 2.23. The van der Waals surface area contributed by atoms with Gasteiger partial charge >= 0.3 is 5.97 Å². The van der Waals surface area contributed by atoms with Crippen LogP contribution in [0.1, 0.15) is 20.8 Å². The van der Waals surface area contributed by atoms with E-state index in [1.165, 1.54) is 4.88 Å². The average molecular weight is 354 g/mol. The summed E-state index contributed by atoms with van der Waals surface area (Å²) in [6.07, 6.45) is 0.738. The zero-order valence-electron chi connectivity index (χ0n) is 11.2. The third-order valence-electron chi connectivity index (χ3n) is 3.12. The first-order chi connectivity index (χ1) is 9.58. The molecule has 1 aromatic carbocycles. The summed E-state index contributed by atoms with van der Waals surface area (Å²) in [5.74, 6) is -0.857. The molecule has 2 aromatic rings. The lowest BCUT2D eigenvalue weighted by Crippen LogP contribution is -2.21. The lowest BCUT2D eigenvalue weighted by Gasteiger charge is -2.16. The highest BCUT2D eigenvalue weighted by molar-refractivity contribution is 9.10. The molecule has 0 bridgehead atoms. The van der Waals surface area contributed by atoms with E-state index in [1.807, 2.05) is 18.2 Å². The molecule has 0 spiro atoms. The number of thiophene rings is 1. The summed E-state index contributed by atoms with van der Waals surface area (Å²) in [6.45, 7) is 1.70. The van der Waals surface area contributed by atoms with E-state index in [1.54, 1.807) is 23.5 Å². The van der Waals surface area contributed by atoms with Gasteiger partial charge in [-0.1, -0.05) is 18.2 Å². The number of hydrogen-bond acceptors (Lipinski definition) is 3. The van der Waals surface area contributed by atoms with Crippen molar-refractivity contribution in [3.63, 3.8) is 0 Å². The predicted octanol–water partition coefficient (Wildman–Crippen LogP) is 3.88. The Kier molecular flexibility index (Phi) is 5.34. The zero-order valence-corrected chi connectivity index (χ0v) is 13.6. The second kappa shape index (κ2) is 7.02. The largest absolute Gasteiger partial charge is 0.478 e. The fourth-order valence-electron chi connectivity index (χ4n) is 2.02. The number of carboxylic acids is 1. The standard InChI is InChI=1S/C15H16BrNO2S/c1-17(10-14-13(16)7-9-20-14)8-6-11-4-2-3-5-12(11)15(18)19/h2-5,7,9H,6,8,10H2,1H3,(H,18,19). The Morgan fingerprint density at radius 1 is 1.35 bits per heavy atom. The smallest absolute Gasteiger partial charge is 0.335 e. The van der Waals surface area contributed by atoms with Crippen LogP contribution in [0.2, 0.25) is 0 Å². The summed E-state index contributed by atoms with van der Waals surface area (Å²) in [6, 6.07) is 9.25. The lowest BCUT2D eigenvalue weighted by atomic mass is 10.0. The van der Waals surface area contributed by atoms with E-state index in [4.69, 9.17) is 5.11 Å². The van der Waals surface area contributed by atoms with Gasteiger partial charge in [-0.05, 0) is 52.5 Å².